The van der Waals surface area contributed by atoms with Crippen LogP contribution in [0.15, 0.2) is 53.4 Å². The molecule has 1 aliphatic heterocycles. The molecule has 9 nitrogen and oxygen atoms in total. The summed E-state index contributed by atoms with van der Waals surface area (Å²) in [5, 5.41) is 11.3. The van der Waals surface area contributed by atoms with Gasteiger partial charge in [0.2, 0.25) is 15.8 Å². The number of methoxy groups -OCH3 is 1. The van der Waals surface area contributed by atoms with Crippen LogP contribution < -0.4 is 9.47 Å². The molecule has 0 radical (unpaired) electrons. The molecule has 0 aromatic heterocycles. The van der Waals surface area contributed by atoms with Crippen molar-refractivity contribution in [3.8, 4) is 11.5 Å². The number of sulfonamides is 1. The van der Waals surface area contributed by atoms with E-state index in [9.17, 15) is 23.3 Å². The summed E-state index contributed by atoms with van der Waals surface area (Å²) in [7, 11) is -2.55. The lowest BCUT2D eigenvalue weighted by atomic mass is 10.1. The summed E-state index contributed by atoms with van der Waals surface area (Å²) < 4.78 is 37.4. The fraction of sp³-hybridized carbons (Fsp3) is 0.316. The third kappa shape index (κ3) is 4.38. The second-order valence-corrected chi connectivity index (χ2v) is 8.34. The van der Waals surface area contributed by atoms with Crippen LogP contribution in [0.4, 0.5) is 5.69 Å². The lowest BCUT2D eigenvalue weighted by Gasteiger charge is -2.32. The van der Waals surface area contributed by atoms with Gasteiger partial charge in [0.15, 0.2) is 0 Å². The van der Waals surface area contributed by atoms with Crippen LogP contribution in [0.3, 0.4) is 0 Å². The van der Waals surface area contributed by atoms with Crippen LogP contribution in [0, 0.1) is 10.1 Å². The zero-order valence-corrected chi connectivity index (χ0v) is 16.5. The van der Waals surface area contributed by atoms with Gasteiger partial charge in [-0.3, -0.25) is 10.1 Å². The molecule has 154 valence electrons. The van der Waals surface area contributed by atoms with Gasteiger partial charge in [-0.05, 0) is 43.5 Å². The summed E-state index contributed by atoms with van der Waals surface area (Å²) in [6.07, 6.45) is 1.53. The third-order valence-electron chi connectivity index (χ3n) is 4.65. The Morgan fingerprint density at radius 2 is 1.90 bits per heavy atom. The van der Waals surface area contributed by atoms with Gasteiger partial charge in [-0.1, -0.05) is 18.2 Å². The third-order valence-corrected chi connectivity index (χ3v) is 6.57. The van der Waals surface area contributed by atoms with Crippen LogP contribution in [0.25, 0.3) is 0 Å². The first-order valence-corrected chi connectivity index (χ1v) is 10.4. The number of rotatable bonds is 6. The van der Waals surface area contributed by atoms with E-state index in [0.29, 0.717) is 12.8 Å². The van der Waals surface area contributed by atoms with Crippen molar-refractivity contribution < 1.29 is 27.6 Å². The highest BCUT2D eigenvalue weighted by molar-refractivity contribution is 7.89. The quantitative estimate of drug-likeness (QED) is 0.305. The number of carbonyl (C=O) groups excluding carboxylic acids is 1. The van der Waals surface area contributed by atoms with E-state index in [-0.39, 0.29) is 29.4 Å². The average molecular weight is 420 g/mol. The minimum absolute atomic E-state index is 0.0788. The minimum Gasteiger partial charge on any atom is -0.496 e. The lowest BCUT2D eigenvalue weighted by molar-refractivity contribution is -0.385. The number of piperidine rings is 1. The van der Waals surface area contributed by atoms with E-state index in [1.54, 1.807) is 18.2 Å². The normalized spacial score (nSPS) is 17.5. The van der Waals surface area contributed by atoms with Gasteiger partial charge in [-0.15, -0.1) is 0 Å². The van der Waals surface area contributed by atoms with E-state index in [0.717, 1.165) is 10.4 Å². The van der Waals surface area contributed by atoms with Crippen molar-refractivity contribution >= 4 is 21.7 Å². The number of ether oxygens (including phenoxy) is 2. The maximum absolute atomic E-state index is 13.0. The summed E-state index contributed by atoms with van der Waals surface area (Å²) in [6, 6.07) is 10.6. The highest BCUT2D eigenvalue weighted by Crippen LogP contribution is 2.33. The SMILES string of the molecule is COc1ccc(OC(=O)C2CCCCN2S(=O)(=O)c2ccccc2)c([N+](=O)[O-])c1. The number of esters is 1. The zero-order valence-electron chi connectivity index (χ0n) is 15.7. The van der Waals surface area contributed by atoms with Gasteiger partial charge >= 0.3 is 11.7 Å². The van der Waals surface area contributed by atoms with Crippen LogP contribution in [0.1, 0.15) is 19.3 Å². The highest BCUT2D eigenvalue weighted by atomic mass is 32.2. The van der Waals surface area contributed by atoms with E-state index in [1.165, 1.54) is 31.4 Å². The van der Waals surface area contributed by atoms with Crippen molar-refractivity contribution in [3.05, 3.63) is 58.6 Å². The summed E-state index contributed by atoms with van der Waals surface area (Å²) in [5.41, 5.74) is -0.439. The number of nitrogens with zero attached hydrogens (tertiary/aromatic N) is 2. The topological polar surface area (TPSA) is 116 Å². The van der Waals surface area contributed by atoms with Crippen molar-refractivity contribution in [3.63, 3.8) is 0 Å². The predicted molar refractivity (Wildman–Crippen MR) is 103 cm³/mol. The van der Waals surface area contributed by atoms with E-state index >= 15 is 0 Å². The summed E-state index contributed by atoms with van der Waals surface area (Å²) >= 11 is 0. The molecule has 3 rings (SSSR count). The molecule has 10 heteroatoms. The first-order valence-electron chi connectivity index (χ1n) is 8.95. The van der Waals surface area contributed by atoms with E-state index < -0.39 is 32.6 Å². The Bertz CT molecular complexity index is 1010. The maximum atomic E-state index is 13.0. The highest BCUT2D eigenvalue weighted by Gasteiger charge is 2.39. The summed E-state index contributed by atoms with van der Waals surface area (Å²) in [4.78, 5) is 23.5. The zero-order chi connectivity index (χ0) is 21.0. The van der Waals surface area contributed by atoms with Crippen LogP contribution in [0.5, 0.6) is 11.5 Å². The monoisotopic (exact) mass is 420 g/mol. The second-order valence-electron chi connectivity index (χ2n) is 6.45. The fourth-order valence-electron chi connectivity index (χ4n) is 3.19. The number of hydrogen-bond donors (Lipinski definition) is 0. The summed E-state index contributed by atoms with van der Waals surface area (Å²) in [6.45, 7) is 0.168. The van der Waals surface area contributed by atoms with Crippen molar-refractivity contribution in [1.82, 2.24) is 4.31 Å². The van der Waals surface area contributed by atoms with Crippen molar-refractivity contribution in [2.75, 3.05) is 13.7 Å². The summed E-state index contributed by atoms with van der Waals surface area (Å²) in [5.74, 6) is -0.872. The molecule has 29 heavy (non-hydrogen) atoms. The Balaban J connectivity index is 1.89. The van der Waals surface area contributed by atoms with Crippen molar-refractivity contribution in [1.29, 1.82) is 0 Å². The fourth-order valence-corrected chi connectivity index (χ4v) is 4.85. The minimum atomic E-state index is -3.91. The molecule has 0 N–H and O–H groups in total. The molecule has 1 fully saturated rings. The Labute approximate surface area is 168 Å². The van der Waals surface area contributed by atoms with Gasteiger partial charge in [0.05, 0.1) is 23.0 Å². The van der Waals surface area contributed by atoms with Gasteiger partial charge < -0.3 is 9.47 Å². The number of benzene rings is 2. The predicted octanol–water partition coefficient (Wildman–Crippen LogP) is 2.75. The van der Waals surface area contributed by atoms with Gasteiger partial charge in [-0.25, -0.2) is 13.2 Å². The molecule has 1 aliphatic rings. The first-order chi connectivity index (χ1) is 13.8. The van der Waals surface area contributed by atoms with Gasteiger partial charge in [0.25, 0.3) is 0 Å². The molecule has 1 heterocycles. The molecule has 2 aromatic carbocycles. The second kappa shape index (κ2) is 8.58. The van der Waals surface area contributed by atoms with Crippen LogP contribution in [0.2, 0.25) is 0 Å². The molecular weight excluding hydrogens is 400 g/mol. The molecule has 0 saturated carbocycles. The number of nitro groups is 1. The number of hydrogen-bond acceptors (Lipinski definition) is 7. The van der Waals surface area contributed by atoms with Crippen LogP contribution >= 0.6 is 0 Å². The standard InChI is InChI=1S/C19H20N2O7S/c1-27-14-10-11-18(17(13-14)21(23)24)28-19(22)16-9-5-6-12-20(16)29(25,26)15-7-3-2-4-8-15/h2-4,7-8,10-11,13,16H,5-6,9,12H2,1H3. The molecular formula is C19H20N2O7S. The number of carbonyl (C=O) groups is 1. The Morgan fingerprint density at radius 1 is 1.17 bits per heavy atom. The van der Waals surface area contributed by atoms with E-state index in [1.807, 2.05) is 0 Å². The molecule has 0 bridgehead atoms. The smallest absolute Gasteiger partial charge is 0.330 e. The molecule has 1 saturated heterocycles. The van der Waals surface area contributed by atoms with Gasteiger partial charge in [0, 0.05) is 6.54 Å². The maximum Gasteiger partial charge on any atom is 0.330 e. The van der Waals surface area contributed by atoms with Gasteiger partial charge in [0.1, 0.15) is 11.8 Å². The van der Waals surface area contributed by atoms with E-state index in [2.05, 4.69) is 0 Å². The molecule has 0 amide bonds. The Kier molecular flexibility index (Phi) is 6.14. The number of nitro benzene ring substituents is 1. The molecule has 1 atom stereocenters. The molecule has 2 aromatic rings. The van der Waals surface area contributed by atoms with Gasteiger partial charge in [-0.2, -0.15) is 4.31 Å². The van der Waals surface area contributed by atoms with Crippen LogP contribution in [-0.2, 0) is 14.8 Å². The molecule has 0 aliphatic carbocycles. The molecule has 0 spiro atoms. The Hall–Kier alpha value is -2.98. The lowest BCUT2D eigenvalue weighted by Crippen LogP contribution is -2.49. The molecule has 1 unspecified atom stereocenters. The van der Waals surface area contributed by atoms with Crippen LogP contribution in [-0.4, -0.2) is 43.3 Å². The van der Waals surface area contributed by atoms with Crippen molar-refractivity contribution in [2.45, 2.75) is 30.2 Å². The average Bonchev–Trinajstić information content (AvgIpc) is 2.74. The largest absolute Gasteiger partial charge is 0.496 e. The first kappa shape index (κ1) is 20.7. The van der Waals surface area contributed by atoms with Crippen molar-refractivity contribution in [2.24, 2.45) is 0 Å². The Morgan fingerprint density at radius 3 is 2.55 bits per heavy atom. The van der Waals surface area contributed by atoms with E-state index in [4.69, 9.17) is 9.47 Å².